The summed E-state index contributed by atoms with van der Waals surface area (Å²) >= 11 is 0. The van der Waals surface area contributed by atoms with E-state index < -0.39 is 29.6 Å². The van der Waals surface area contributed by atoms with Gasteiger partial charge in [-0.15, -0.1) is 0 Å². The van der Waals surface area contributed by atoms with E-state index >= 15 is 0 Å². The van der Waals surface area contributed by atoms with Crippen LogP contribution >= 0.6 is 0 Å². The van der Waals surface area contributed by atoms with Crippen LogP contribution in [0.15, 0.2) is 48.5 Å². The fourth-order valence-corrected chi connectivity index (χ4v) is 5.38. The number of hydrogen-bond donors (Lipinski definition) is 2. The average Bonchev–Trinajstić information content (AvgIpc) is 3.13. The fraction of sp³-hybridized carbons (Fsp3) is 0.464. The summed E-state index contributed by atoms with van der Waals surface area (Å²) in [5, 5.41) is 12.5. The van der Waals surface area contributed by atoms with Gasteiger partial charge in [0.2, 0.25) is 5.91 Å². The van der Waals surface area contributed by atoms with Crippen LogP contribution in [0.1, 0.15) is 57.6 Å². The molecular weight excluding hydrogens is 444 g/mol. The van der Waals surface area contributed by atoms with Gasteiger partial charge < -0.3 is 20.1 Å². The predicted octanol–water partition coefficient (Wildman–Crippen LogP) is 4.65. The zero-order chi connectivity index (χ0) is 25.3. The maximum Gasteiger partial charge on any atom is 0.407 e. The van der Waals surface area contributed by atoms with E-state index in [9.17, 15) is 19.5 Å². The zero-order valence-corrected chi connectivity index (χ0v) is 20.8. The number of carboxylic acids is 1. The summed E-state index contributed by atoms with van der Waals surface area (Å²) in [5.41, 5.74) is 3.86. The molecule has 2 amide bonds. The minimum absolute atomic E-state index is 0.0868. The number of aliphatic carboxylic acids is 1. The zero-order valence-electron chi connectivity index (χ0n) is 20.8. The van der Waals surface area contributed by atoms with Crippen molar-refractivity contribution in [2.75, 3.05) is 13.2 Å². The molecule has 4 rings (SSSR count). The fourth-order valence-electron chi connectivity index (χ4n) is 5.38. The summed E-state index contributed by atoms with van der Waals surface area (Å²) < 4.78 is 5.66. The molecule has 1 fully saturated rings. The number of piperidine rings is 1. The van der Waals surface area contributed by atoms with Crippen molar-refractivity contribution in [3.8, 4) is 11.1 Å². The van der Waals surface area contributed by atoms with Gasteiger partial charge in [-0.3, -0.25) is 4.79 Å². The highest BCUT2D eigenvalue weighted by atomic mass is 16.5. The van der Waals surface area contributed by atoms with Crippen LogP contribution in [0.5, 0.6) is 0 Å². The SMILES string of the molecule is CC1CCCN(C(=O)[C@@H](NC(=O)OCC2c3ccccc3-c3ccccc32)C(C)(C)C)C1C(=O)O. The van der Waals surface area contributed by atoms with Crippen LogP contribution in [0.4, 0.5) is 4.79 Å². The van der Waals surface area contributed by atoms with Gasteiger partial charge in [0, 0.05) is 12.5 Å². The number of carboxylic acid groups (broad SMARTS) is 1. The Labute approximate surface area is 206 Å². The average molecular weight is 479 g/mol. The van der Waals surface area contributed by atoms with Gasteiger partial charge >= 0.3 is 12.1 Å². The summed E-state index contributed by atoms with van der Waals surface area (Å²) in [6.07, 6.45) is 0.802. The van der Waals surface area contributed by atoms with E-state index in [0.29, 0.717) is 6.54 Å². The number of carbonyl (C=O) groups excluding carboxylic acids is 2. The van der Waals surface area contributed by atoms with Crippen LogP contribution in [-0.4, -0.2) is 53.2 Å². The second-order valence-electron chi connectivity index (χ2n) is 10.7. The molecule has 2 aliphatic rings. The quantitative estimate of drug-likeness (QED) is 0.652. The molecule has 1 aliphatic heterocycles. The van der Waals surface area contributed by atoms with Crippen molar-refractivity contribution < 1.29 is 24.2 Å². The highest BCUT2D eigenvalue weighted by Gasteiger charge is 2.43. The van der Waals surface area contributed by atoms with Crippen LogP contribution in [0.3, 0.4) is 0 Å². The van der Waals surface area contributed by atoms with Crippen molar-refractivity contribution >= 4 is 18.0 Å². The molecule has 7 nitrogen and oxygen atoms in total. The second-order valence-corrected chi connectivity index (χ2v) is 10.7. The number of fused-ring (bicyclic) bond motifs is 3. The Morgan fingerprint density at radius 2 is 1.63 bits per heavy atom. The van der Waals surface area contributed by atoms with E-state index in [2.05, 4.69) is 17.4 Å². The number of hydrogen-bond acceptors (Lipinski definition) is 4. The van der Waals surface area contributed by atoms with E-state index in [1.807, 2.05) is 64.1 Å². The Morgan fingerprint density at radius 3 is 2.17 bits per heavy atom. The van der Waals surface area contributed by atoms with Gasteiger partial charge in [0.05, 0.1) is 0 Å². The molecule has 1 saturated heterocycles. The molecule has 0 spiro atoms. The molecule has 2 aromatic rings. The van der Waals surface area contributed by atoms with Crippen molar-refractivity contribution in [3.05, 3.63) is 59.7 Å². The molecule has 7 heteroatoms. The third-order valence-corrected chi connectivity index (χ3v) is 7.19. The van der Waals surface area contributed by atoms with E-state index in [0.717, 1.165) is 35.1 Å². The topological polar surface area (TPSA) is 95.9 Å². The number of nitrogens with one attached hydrogen (secondary N) is 1. The lowest BCUT2D eigenvalue weighted by molar-refractivity contribution is -0.156. The maximum atomic E-state index is 13.5. The first-order valence-corrected chi connectivity index (χ1v) is 12.2. The summed E-state index contributed by atoms with van der Waals surface area (Å²) in [6.45, 7) is 7.90. The highest BCUT2D eigenvalue weighted by molar-refractivity contribution is 5.90. The van der Waals surface area contributed by atoms with Gasteiger partial charge in [-0.05, 0) is 46.4 Å². The third kappa shape index (κ3) is 4.90. The van der Waals surface area contributed by atoms with Gasteiger partial charge in [-0.2, -0.15) is 0 Å². The standard InChI is InChI=1S/C28H34N2O5/c1-17-10-9-15-30(23(17)26(32)33)25(31)24(28(2,3)4)29-27(34)35-16-22-20-13-7-5-11-18(20)19-12-6-8-14-21(19)22/h5-8,11-14,17,22-24H,9-10,15-16H2,1-4H3,(H,29,34)(H,32,33)/t17?,23?,24-/m1/s1. The lowest BCUT2D eigenvalue weighted by Crippen LogP contribution is -2.60. The number of likely N-dealkylation sites (tertiary alicyclic amines) is 1. The minimum atomic E-state index is -1.01. The summed E-state index contributed by atoms with van der Waals surface area (Å²) in [7, 11) is 0. The predicted molar refractivity (Wildman–Crippen MR) is 133 cm³/mol. The third-order valence-electron chi connectivity index (χ3n) is 7.19. The lowest BCUT2D eigenvalue weighted by atomic mass is 9.83. The van der Waals surface area contributed by atoms with Crippen molar-refractivity contribution in [2.24, 2.45) is 11.3 Å². The number of ether oxygens (including phenoxy) is 1. The van der Waals surface area contributed by atoms with Gasteiger partial charge in [0.25, 0.3) is 0 Å². The van der Waals surface area contributed by atoms with Gasteiger partial charge in [-0.1, -0.05) is 76.2 Å². The van der Waals surface area contributed by atoms with Crippen LogP contribution in [0.2, 0.25) is 0 Å². The molecule has 0 radical (unpaired) electrons. The van der Waals surface area contributed by atoms with Crippen LogP contribution in [0, 0.1) is 11.3 Å². The van der Waals surface area contributed by atoms with Gasteiger partial charge in [0.15, 0.2) is 0 Å². The van der Waals surface area contributed by atoms with Crippen molar-refractivity contribution in [2.45, 2.75) is 58.5 Å². The Balaban J connectivity index is 1.48. The summed E-state index contributed by atoms with van der Waals surface area (Å²) in [6, 6.07) is 14.4. The summed E-state index contributed by atoms with van der Waals surface area (Å²) in [4.78, 5) is 39.8. The number of carbonyl (C=O) groups is 3. The molecule has 0 aromatic heterocycles. The first-order valence-electron chi connectivity index (χ1n) is 12.2. The molecule has 0 bridgehead atoms. The minimum Gasteiger partial charge on any atom is -0.480 e. The van der Waals surface area contributed by atoms with E-state index in [1.54, 1.807) is 0 Å². The largest absolute Gasteiger partial charge is 0.480 e. The number of rotatable bonds is 5. The molecule has 2 N–H and O–H groups in total. The number of nitrogens with zero attached hydrogens (tertiary/aromatic N) is 1. The Kier molecular flexibility index (Phi) is 6.88. The van der Waals surface area contributed by atoms with Crippen molar-refractivity contribution in [1.82, 2.24) is 10.2 Å². The van der Waals surface area contributed by atoms with Crippen molar-refractivity contribution in [3.63, 3.8) is 0 Å². The van der Waals surface area contributed by atoms with Gasteiger partial charge in [0.1, 0.15) is 18.7 Å². The van der Waals surface area contributed by atoms with E-state index in [-0.39, 0.29) is 24.3 Å². The monoisotopic (exact) mass is 478 g/mol. The van der Waals surface area contributed by atoms with Crippen molar-refractivity contribution in [1.29, 1.82) is 0 Å². The Bertz CT molecular complexity index is 1080. The molecule has 186 valence electrons. The van der Waals surface area contributed by atoms with Crippen LogP contribution in [0.25, 0.3) is 11.1 Å². The van der Waals surface area contributed by atoms with E-state index in [4.69, 9.17) is 4.74 Å². The highest BCUT2D eigenvalue weighted by Crippen LogP contribution is 2.44. The first-order chi connectivity index (χ1) is 16.6. The normalized spacial score (nSPS) is 20.5. The molecule has 2 unspecified atom stereocenters. The molecule has 35 heavy (non-hydrogen) atoms. The lowest BCUT2D eigenvalue weighted by Gasteiger charge is -2.41. The second kappa shape index (κ2) is 9.72. The Morgan fingerprint density at radius 1 is 1.06 bits per heavy atom. The smallest absolute Gasteiger partial charge is 0.407 e. The van der Waals surface area contributed by atoms with E-state index in [1.165, 1.54) is 4.90 Å². The number of benzene rings is 2. The molecule has 2 aromatic carbocycles. The van der Waals surface area contributed by atoms with Crippen LogP contribution in [-0.2, 0) is 14.3 Å². The molecule has 3 atom stereocenters. The van der Waals surface area contributed by atoms with Gasteiger partial charge in [-0.25, -0.2) is 9.59 Å². The number of alkyl carbamates (subject to hydrolysis) is 1. The van der Waals surface area contributed by atoms with Crippen LogP contribution < -0.4 is 5.32 Å². The molecule has 0 saturated carbocycles. The first kappa shape index (κ1) is 24.8. The molecule has 1 heterocycles. The molecule has 1 aliphatic carbocycles. The molecular formula is C28H34N2O5. The summed E-state index contributed by atoms with van der Waals surface area (Å²) in [5.74, 6) is -1.64. The Hall–Kier alpha value is -3.35. The number of amides is 2. The maximum absolute atomic E-state index is 13.5.